The van der Waals surface area contributed by atoms with E-state index in [2.05, 4.69) is 25.7 Å². The number of nitrogens with one attached hydrogen (secondary N) is 2. The Kier molecular flexibility index (Phi) is 4.91. The Hall–Kier alpha value is -3.81. The van der Waals surface area contributed by atoms with Gasteiger partial charge in [0.2, 0.25) is 5.65 Å². The predicted octanol–water partition coefficient (Wildman–Crippen LogP) is 4.59. The smallest absolute Gasteiger partial charge is 0.258 e. The third-order valence-corrected chi connectivity index (χ3v) is 4.23. The van der Waals surface area contributed by atoms with Gasteiger partial charge in [-0.2, -0.15) is 0 Å². The van der Waals surface area contributed by atoms with Gasteiger partial charge in [-0.05, 0) is 75.4 Å². The highest BCUT2D eigenvalue weighted by Gasteiger charge is 2.15. The number of fused-ring (bicyclic) bond motifs is 1. The zero-order chi connectivity index (χ0) is 21.3. The lowest BCUT2D eigenvalue weighted by Crippen LogP contribution is -2.22. The molecule has 0 saturated heterocycles. The number of amides is 1. The van der Waals surface area contributed by atoms with Crippen molar-refractivity contribution in [3.05, 3.63) is 66.0 Å². The van der Waals surface area contributed by atoms with Gasteiger partial charge in [-0.25, -0.2) is 9.37 Å². The average molecular weight is 405 g/mol. The molecular weight excluding hydrogens is 385 g/mol. The number of rotatable bonds is 4. The van der Waals surface area contributed by atoms with Gasteiger partial charge in [0, 0.05) is 11.3 Å². The van der Waals surface area contributed by atoms with Gasteiger partial charge >= 0.3 is 0 Å². The summed E-state index contributed by atoms with van der Waals surface area (Å²) in [5, 5.41) is 13.0. The number of carbonyl (C=O) groups is 1. The van der Waals surface area contributed by atoms with Gasteiger partial charge in [-0.15, -0.1) is 5.10 Å². The number of hydrogen-bond donors (Lipinski definition) is 2. The first-order valence-corrected chi connectivity index (χ1v) is 9.37. The number of halogens is 1. The Labute approximate surface area is 172 Å². The lowest BCUT2D eigenvalue weighted by Gasteiger charge is -2.21. The van der Waals surface area contributed by atoms with Crippen LogP contribution in [-0.2, 0) is 0 Å². The fourth-order valence-corrected chi connectivity index (χ4v) is 2.92. The molecule has 0 aliphatic carbocycles. The van der Waals surface area contributed by atoms with E-state index in [1.165, 1.54) is 12.1 Å². The minimum atomic E-state index is -0.619. The molecule has 30 heavy (non-hydrogen) atoms. The first-order valence-electron chi connectivity index (χ1n) is 9.37. The van der Waals surface area contributed by atoms with E-state index in [4.69, 9.17) is 4.74 Å². The van der Waals surface area contributed by atoms with Crippen molar-refractivity contribution in [3.8, 4) is 17.0 Å². The Morgan fingerprint density at radius 1 is 1.07 bits per heavy atom. The van der Waals surface area contributed by atoms with E-state index in [-0.39, 0.29) is 11.2 Å². The van der Waals surface area contributed by atoms with Crippen molar-refractivity contribution in [1.29, 1.82) is 0 Å². The lowest BCUT2D eigenvalue weighted by molar-refractivity contribution is 0.102. The molecule has 4 aromatic rings. The van der Waals surface area contributed by atoms with Crippen LogP contribution in [0.15, 0.2) is 54.6 Å². The molecule has 0 fully saturated rings. The first-order chi connectivity index (χ1) is 14.3. The molecular formula is C22H20FN5O2. The highest BCUT2D eigenvalue weighted by atomic mass is 19.1. The lowest BCUT2D eigenvalue weighted by atomic mass is 10.1. The number of H-pyrrole nitrogens is 1. The summed E-state index contributed by atoms with van der Waals surface area (Å²) in [6.07, 6.45) is 0. The van der Waals surface area contributed by atoms with E-state index in [0.29, 0.717) is 33.9 Å². The molecule has 0 aliphatic rings. The van der Waals surface area contributed by atoms with Crippen LogP contribution in [0.25, 0.3) is 22.4 Å². The zero-order valence-electron chi connectivity index (χ0n) is 16.7. The van der Waals surface area contributed by atoms with E-state index in [1.54, 1.807) is 42.5 Å². The molecule has 0 atom stereocenters. The topological polar surface area (TPSA) is 92.8 Å². The summed E-state index contributed by atoms with van der Waals surface area (Å²) in [5.74, 6) is -0.490. The van der Waals surface area contributed by atoms with Gasteiger partial charge in [0.1, 0.15) is 22.7 Å². The number of nitrogens with zero attached hydrogens (tertiary/aromatic N) is 3. The van der Waals surface area contributed by atoms with E-state index in [0.717, 1.165) is 0 Å². The van der Waals surface area contributed by atoms with Crippen molar-refractivity contribution >= 4 is 22.8 Å². The normalized spacial score (nSPS) is 11.5. The summed E-state index contributed by atoms with van der Waals surface area (Å²) < 4.78 is 20.1. The van der Waals surface area contributed by atoms with Gasteiger partial charge < -0.3 is 10.1 Å². The monoisotopic (exact) mass is 405 g/mol. The molecule has 0 unspecified atom stereocenters. The maximum atomic E-state index is 14.4. The summed E-state index contributed by atoms with van der Waals surface area (Å²) in [4.78, 5) is 17.1. The van der Waals surface area contributed by atoms with Crippen molar-refractivity contribution in [2.24, 2.45) is 0 Å². The molecule has 8 heteroatoms. The molecule has 7 nitrogen and oxygen atoms in total. The fourth-order valence-electron chi connectivity index (χ4n) is 2.92. The van der Waals surface area contributed by atoms with Crippen molar-refractivity contribution in [2.45, 2.75) is 26.4 Å². The molecule has 0 saturated carbocycles. The molecule has 2 N–H and O–H groups in total. The van der Waals surface area contributed by atoms with Crippen molar-refractivity contribution in [1.82, 2.24) is 20.4 Å². The number of aromatic amines is 1. The Morgan fingerprint density at radius 2 is 1.83 bits per heavy atom. The molecule has 2 heterocycles. The fraction of sp³-hybridized carbons (Fsp3) is 0.182. The summed E-state index contributed by atoms with van der Waals surface area (Å²) in [5.41, 5.74) is 2.43. The molecule has 0 aliphatic heterocycles. The Morgan fingerprint density at radius 3 is 2.57 bits per heavy atom. The van der Waals surface area contributed by atoms with Crippen LogP contribution in [0.4, 0.5) is 10.1 Å². The number of hydrogen-bond acceptors (Lipinski definition) is 5. The van der Waals surface area contributed by atoms with Crippen LogP contribution in [0, 0.1) is 5.82 Å². The van der Waals surface area contributed by atoms with Gasteiger partial charge in [-0.1, -0.05) is 5.21 Å². The number of aromatic nitrogens is 4. The van der Waals surface area contributed by atoms with E-state index in [1.807, 2.05) is 20.8 Å². The third kappa shape index (κ3) is 4.27. The van der Waals surface area contributed by atoms with E-state index in [9.17, 15) is 9.18 Å². The van der Waals surface area contributed by atoms with E-state index < -0.39 is 11.7 Å². The second kappa shape index (κ2) is 7.55. The van der Waals surface area contributed by atoms with E-state index >= 15 is 0 Å². The predicted molar refractivity (Wildman–Crippen MR) is 112 cm³/mol. The molecule has 2 aromatic carbocycles. The van der Waals surface area contributed by atoms with Crippen LogP contribution in [0.3, 0.4) is 0 Å². The van der Waals surface area contributed by atoms with Crippen LogP contribution in [0.2, 0.25) is 0 Å². The number of ether oxygens (including phenoxy) is 1. The first kappa shape index (κ1) is 19.5. The Balaban J connectivity index is 1.56. The molecule has 0 radical (unpaired) electrons. The average Bonchev–Trinajstić information content (AvgIpc) is 3.16. The molecule has 0 bridgehead atoms. The second-order valence-electron chi connectivity index (χ2n) is 7.77. The molecule has 2 aromatic heterocycles. The van der Waals surface area contributed by atoms with Gasteiger partial charge in [0.15, 0.2) is 0 Å². The summed E-state index contributed by atoms with van der Waals surface area (Å²) in [7, 11) is 0. The third-order valence-electron chi connectivity index (χ3n) is 4.23. The van der Waals surface area contributed by atoms with Gasteiger partial charge in [0.25, 0.3) is 5.91 Å². The van der Waals surface area contributed by atoms with Crippen molar-refractivity contribution in [2.75, 3.05) is 5.32 Å². The summed E-state index contributed by atoms with van der Waals surface area (Å²) >= 11 is 0. The van der Waals surface area contributed by atoms with Crippen LogP contribution in [-0.4, -0.2) is 31.9 Å². The molecule has 4 rings (SSSR count). The van der Waals surface area contributed by atoms with Gasteiger partial charge in [-0.3, -0.25) is 9.89 Å². The van der Waals surface area contributed by atoms with Crippen LogP contribution in [0.1, 0.15) is 31.1 Å². The SMILES string of the molecule is CC(C)(C)Oc1ccc(NC(=O)c2cc(-c3ccc4[nH]nnc4n3)ccc2F)cc1. The minimum absolute atomic E-state index is 0.0791. The zero-order valence-corrected chi connectivity index (χ0v) is 16.7. The molecule has 152 valence electrons. The van der Waals surface area contributed by atoms with Crippen LogP contribution >= 0.6 is 0 Å². The largest absolute Gasteiger partial charge is 0.488 e. The quantitative estimate of drug-likeness (QED) is 0.518. The number of benzene rings is 2. The maximum absolute atomic E-state index is 14.4. The highest BCUT2D eigenvalue weighted by Crippen LogP contribution is 2.24. The number of pyridine rings is 1. The van der Waals surface area contributed by atoms with Crippen LogP contribution < -0.4 is 10.1 Å². The molecule has 1 amide bonds. The van der Waals surface area contributed by atoms with Crippen molar-refractivity contribution in [3.63, 3.8) is 0 Å². The summed E-state index contributed by atoms with van der Waals surface area (Å²) in [6.45, 7) is 5.86. The summed E-state index contributed by atoms with van der Waals surface area (Å²) in [6, 6.07) is 14.7. The Bertz CT molecular complexity index is 1210. The molecule has 0 spiro atoms. The van der Waals surface area contributed by atoms with Gasteiger partial charge in [0.05, 0.1) is 11.3 Å². The number of anilines is 1. The maximum Gasteiger partial charge on any atom is 0.258 e. The number of carbonyl (C=O) groups excluding carboxylic acids is 1. The minimum Gasteiger partial charge on any atom is -0.488 e. The second-order valence-corrected chi connectivity index (χ2v) is 7.77. The van der Waals surface area contributed by atoms with Crippen LogP contribution in [0.5, 0.6) is 5.75 Å². The highest BCUT2D eigenvalue weighted by molar-refractivity contribution is 6.05. The standard InChI is InChI=1S/C22H20FN5O2/c1-22(2,3)30-15-7-5-14(6-8-15)24-21(29)16-12-13(4-9-17(16)23)18-10-11-19-20(25-18)27-28-26-19/h4-12H,1-3H3,(H,24,29)(H,25,26,27,28). The van der Waals surface area contributed by atoms with Crippen molar-refractivity contribution < 1.29 is 13.9 Å².